The third-order valence-electron chi connectivity index (χ3n) is 3.56. The van der Waals surface area contributed by atoms with E-state index in [-0.39, 0.29) is 49.4 Å². The maximum atomic E-state index is 11.8. The van der Waals surface area contributed by atoms with Crippen LogP contribution in [0.25, 0.3) is 0 Å². The molecule has 0 heterocycles. The van der Waals surface area contributed by atoms with Crippen LogP contribution in [0.1, 0.15) is 33.1 Å². The Morgan fingerprint density at radius 2 is 2.05 bits per heavy atom. The Hall–Kier alpha value is -0.410. The number of ether oxygens (including phenoxy) is 1. The molecule has 7 nitrogen and oxygen atoms in total. The Labute approximate surface area is 139 Å². The smallest absolute Gasteiger partial charge is 0.235 e. The van der Waals surface area contributed by atoms with E-state index in [1.165, 1.54) is 0 Å². The molecule has 0 spiro atoms. The first-order valence-electron chi connectivity index (χ1n) is 7.42. The lowest BCUT2D eigenvalue weighted by atomic mass is 10.0. The molecular formula is C13H28ClN3O4S. The Kier molecular flexibility index (Phi) is 10.2. The van der Waals surface area contributed by atoms with Crippen LogP contribution in [-0.2, 0) is 19.6 Å². The fraction of sp³-hybridized carbons (Fsp3) is 0.923. The van der Waals surface area contributed by atoms with Crippen LogP contribution < -0.4 is 15.8 Å². The van der Waals surface area contributed by atoms with Crippen LogP contribution in [0.4, 0.5) is 0 Å². The van der Waals surface area contributed by atoms with Gasteiger partial charge in [-0.25, -0.2) is 13.1 Å². The van der Waals surface area contributed by atoms with Crippen LogP contribution in [0.2, 0.25) is 0 Å². The van der Waals surface area contributed by atoms with E-state index >= 15 is 0 Å². The summed E-state index contributed by atoms with van der Waals surface area (Å²) in [7, 11) is -3.49. The molecule has 0 bridgehead atoms. The molecule has 0 aromatic rings. The van der Waals surface area contributed by atoms with E-state index in [9.17, 15) is 13.2 Å². The second-order valence-corrected chi connectivity index (χ2v) is 7.59. The van der Waals surface area contributed by atoms with Gasteiger partial charge >= 0.3 is 0 Å². The van der Waals surface area contributed by atoms with Crippen molar-refractivity contribution in [1.82, 2.24) is 10.0 Å². The summed E-state index contributed by atoms with van der Waals surface area (Å²) in [5.41, 5.74) is 5.65. The summed E-state index contributed by atoms with van der Waals surface area (Å²) in [5.74, 6) is -0.161. The summed E-state index contributed by atoms with van der Waals surface area (Å²) >= 11 is 0. The van der Waals surface area contributed by atoms with Gasteiger partial charge in [-0.15, -0.1) is 12.4 Å². The summed E-state index contributed by atoms with van der Waals surface area (Å²) in [6, 6.07) is 0.0660. The number of nitrogens with two attached hydrogens (primary N) is 1. The summed E-state index contributed by atoms with van der Waals surface area (Å²) in [6.07, 6.45) is 2.95. The molecule has 1 saturated carbocycles. The van der Waals surface area contributed by atoms with Gasteiger partial charge in [0, 0.05) is 6.04 Å². The van der Waals surface area contributed by atoms with E-state index in [1.807, 2.05) is 13.8 Å². The highest BCUT2D eigenvalue weighted by molar-refractivity contribution is 7.89. The number of hydrogen-bond acceptors (Lipinski definition) is 5. The maximum Gasteiger partial charge on any atom is 0.235 e. The van der Waals surface area contributed by atoms with Gasteiger partial charge in [-0.3, -0.25) is 4.79 Å². The molecule has 1 rings (SSSR count). The van der Waals surface area contributed by atoms with Gasteiger partial charge in [0.25, 0.3) is 0 Å². The van der Waals surface area contributed by atoms with E-state index in [2.05, 4.69) is 10.0 Å². The van der Waals surface area contributed by atoms with Gasteiger partial charge in [0.1, 0.15) is 0 Å². The fourth-order valence-electron chi connectivity index (χ4n) is 2.41. The number of halogens is 1. The maximum absolute atomic E-state index is 11.8. The van der Waals surface area contributed by atoms with Crippen molar-refractivity contribution in [2.24, 2.45) is 11.7 Å². The molecule has 1 amide bonds. The lowest BCUT2D eigenvalue weighted by Gasteiger charge is -2.19. The Morgan fingerprint density at radius 3 is 2.64 bits per heavy atom. The van der Waals surface area contributed by atoms with Crippen molar-refractivity contribution < 1.29 is 17.9 Å². The second kappa shape index (κ2) is 10.4. The highest BCUT2D eigenvalue weighted by atomic mass is 35.5. The normalized spacial score (nSPS) is 21.6. The molecule has 2 unspecified atom stereocenters. The van der Waals surface area contributed by atoms with Crippen molar-refractivity contribution in [2.75, 3.05) is 25.4 Å². The van der Waals surface area contributed by atoms with Gasteiger partial charge in [0.15, 0.2) is 0 Å². The molecule has 1 aliphatic carbocycles. The standard InChI is InChI=1S/C13H27N3O4S.ClH/c1-10(2)20-6-7-21(18,19)15-9-13(17)16-12-5-3-4-11(12)8-14;/h10-12,15H,3-9,14H2,1-2H3,(H,16,17);1H. The van der Waals surface area contributed by atoms with Crippen LogP contribution in [-0.4, -0.2) is 51.9 Å². The second-order valence-electron chi connectivity index (χ2n) is 5.66. The molecule has 0 aromatic heterocycles. The summed E-state index contributed by atoms with van der Waals surface area (Å²) in [4.78, 5) is 11.8. The van der Waals surface area contributed by atoms with Crippen molar-refractivity contribution >= 4 is 28.3 Å². The zero-order valence-electron chi connectivity index (χ0n) is 13.2. The van der Waals surface area contributed by atoms with Gasteiger partial charge in [-0.1, -0.05) is 6.42 Å². The zero-order valence-corrected chi connectivity index (χ0v) is 14.8. The average molecular weight is 358 g/mol. The molecule has 2 atom stereocenters. The van der Waals surface area contributed by atoms with Crippen LogP contribution in [0.5, 0.6) is 0 Å². The Balaban J connectivity index is 0.00000441. The predicted octanol–water partition coefficient (Wildman–Crippen LogP) is -0.00380. The van der Waals surface area contributed by atoms with Gasteiger partial charge in [-0.05, 0) is 39.2 Å². The minimum absolute atomic E-state index is 0. The molecule has 0 radical (unpaired) electrons. The van der Waals surface area contributed by atoms with E-state index in [1.54, 1.807) is 0 Å². The van der Waals surface area contributed by atoms with Gasteiger partial charge < -0.3 is 15.8 Å². The highest BCUT2D eigenvalue weighted by Crippen LogP contribution is 2.24. The van der Waals surface area contributed by atoms with Crippen molar-refractivity contribution in [2.45, 2.75) is 45.3 Å². The number of carbonyl (C=O) groups is 1. The van der Waals surface area contributed by atoms with Gasteiger partial charge in [0.05, 0.1) is 25.0 Å². The molecule has 9 heteroatoms. The quantitative estimate of drug-likeness (QED) is 0.537. The summed E-state index contributed by atoms with van der Waals surface area (Å²) < 4.78 is 30.8. The van der Waals surface area contributed by atoms with Crippen molar-refractivity contribution in [3.63, 3.8) is 0 Å². The van der Waals surface area contributed by atoms with Crippen molar-refractivity contribution in [3.8, 4) is 0 Å². The van der Waals surface area contributed by atoms with E-state index < -0.39 is 10.0 Å². The minimum Gasteiger partial charge on any atom is -0.378 e. The summed E-state index contributed by atoms with van der Waals surface area (Å²) in [5, 5.41) is 2.85. The molecule has 1 fully saturated rings. The number of rotatable bonds is 9. The van der Waals surface area contributed by atoms with Crippen molar-refractivity contribution in [1.29, 1.82) is 0 Å². The first-order chi connectivity index (χ1) is 9.84. The Bertz CT molecular complexity index is 431. The van der Waals surface area contributed by atoms with Crippen molar-refractivity contribution in [3.05, 3.63) is 0 Å². The number of hydrogen-bond donors (Lipinski definition) is 3. The molecule has 4 N–H and O–H groups in total. The SMILES string of the molecule is CC(C)OCCS(=O)(=O)NCC(=O)NC1CCCC1CN.Cl. The number of nitrogens with one attached hydrogen (secondary N) is 2. The van der Waals surface area contributed by atoms with Crippen LogP contribution >= 0.6 is 12.4 Å². The van der Waals surface area contributed by atoms with Crippen LogP contribution in [0.3, 0.4) is 0 Å². The first-order valence-corrected chi connectivity index (χ1v) is 9.07. The monoisotopic (exact) mass is 357 g/mol. The minimum atomic E-state index is -3.49. The average Bonchev–Trinajstić information content (AvgIpc) is 2.83. The number of sulfonamides is 1. The third-order valence-corrected chi connectivity index (χ3v) is 4.85. The largest absolute Gasteiger partial charge is 0.378 e. The summed E-state index contributed by atoms with van der Waals surface area (Å²) in [6.45, 7) is 4.10. The fourth-order valence-corrected chi connectivity index (χ4v) is 3.22. The highest BCUT2D eigenvalue weighted by Gasteiger charge is 2.27. The zero-order chi connectivity index (χ0) is 15.9. The number of amides is 1. The Morgan fingerprint density at radius 1 is 1.36 bits per heavy atom. The van der Waals surface area contributed by atoms with E-state index in [0.29, 0.717) is 12.5 Å². The van der Waals surface area contributed by atoms with E-state index in [4.69, 9.17) is 10.5 Å². The number of carbonyl (C=O) groups excluding carboxylic acids is 1. The van der Waals surface area contributed by atoms with Crippen LogP contribution in [0.15, 0.2) is 0 Å². The topological polar surface area (TPSA) is 111 Å². The third kappa shape index (κ3) is 8.28. The molecule has 1 aliphatic rings. The van der Waals surface area contributed by atoms with Gasteiger partial charge in [0.2, 0.25) is 15.9 Å². The van der Waals surface area contributed by atoms with Crippen LogP contribution in [0, 0.1) is 5.92 Å². The van der Waals surface area contributed by atoms with E-state index in [0.717, 1.165) is 19.3 Å². The molecule has 0 saturated heterocycles. The lowest BCUT2D eigenvalue weighted by Crippen LogP contribution is -2.45. The lowest BCUT2D eigenvalue weighted by molar-refractivity contribution is -0.120. The molecule has 0 aromatic carbocycles. The molecule has 0 aliphatic heterocycles. The molecular weight excluding hydrogens is 330 g/mol. The predicted molar refractivity (Wildman–Crippen MR) is 88.5 cm³/mol. The first kappa shape index (κ1) is 21.6. The molecule has 22 heavy (non-hydrogen) atoms. The molecule has 132 valence electrons. The van der Waals surface area contributed by atoms with Gasteiger partial charge in [-0.2, -0.15) is 0 Å².